The van der Waals surface area contributed by atoms with E-state index in [2.05, 4.69) is 10.7 Å². The van der Waals surface area contributed by atoms with Gasteiger partial charge in [-0.05, 0) is 24.1 Å². The maximum atomic E-state index is 10.9. The number of esters is 1. The Hall–Kier alpha value is -1.75. The van der Waals surface area contributed by atoms with Gasteiger partial charge in [-0.2, -0.15) is 0 Å². The van der Waals surface area contributed by atoms with Crippen LogP contribution in [0.25, 0.3) is 0 Å². The van der Waals surface area contributed by atoms with Crippen LogP contribution in [-0.4, -0.2) is 13.1 Å². The largest absolute Gasteiger partial charge is 0.469 e. The molecular formula is C12H12O2. The Balaban J connectivity index is 2.60. The molecule has 72 valence electrons. The van der Waals surface area contributed by atoms with Gasteiger partial charge in [-0.1, -0.05) is 18.1 Å². The Labute approximate surface area is 83.9 Å². The average Bonchev–Trinajstić information content (AvgIpc) is 2.26. The number of carbonyl (C=O) groups excluding carboxylic acids is 1. The van der Waals surface area contributed by atoms with Gasteiger partial charge in [0.2, 0.25) is 0 Å². The third-order valence-corrected chi connectivity index (χ3v) is 1.94. The topological polar surface area (TPSA) is 26.3 Å². The summed E-state index contributed by atoms with van der Waals surface area (Å²) in [5, 5.41) is 0. The lowest BCUT2D eigenvalue weighted by atomic mass is 10.1. The van der Waals surface area contributed by atoms with E-state index in [0.29, 0.717) is 12.8 Å². The van der Waals surface area contributed by atoms with Crippen LogP contribution in [0.4, 0.5) is 0 Å². The lowest BCUT2D eigenvalue weighted by Crippen LogP contribution is -2.01. The van der Waals surface area contributed by atoms with Crippen molar-refractivity contribution in [2.24, 2.45) is 0 Å². The second-order valence-corrected chi connectivity index (χ2v) is 2.92. The summed E-state index contributed by atoms with van der Waals surface area (Å²) in [7, 11) is 1.39. The molecule has 2 heteroatoms. The van der Waals surface area contributed by atoms with Crippen molar-refractivity contribution in [3.63, 3.8) is 0 Å². The van der Waals surface area contributed by atoms with Crippen LogP contribution in [0.15, 0.2) is 24.3 Å². The van der Waals surface area contributed by atoms with Gasteiger partial charge in [0.25, 0.3) is 0 Å². The summed E-state index contributed by atoms with van der Waals surface area (Å²) in [6.45, 7) is 0. The summed E-state index contributed by atoms with van der Waals surface area (Å²) >= 11 is 0. The van der Waals surface area contributed by atoms with Crippen molar-refractivity contribution in [2.75, 3.05) is 7.11 Å². The van der Waals surface area contributed by atoms with Gasteiger partial charge in [0.15, 0.2) is 0 Å². The fraction of sp³-hybridized carbons (Fsp3) is 0.250. The van der Waals surface area contributed by atoms with Gasteiger partial charge in [-0.15, -0.1) is 6.42 Å². The summed E-state index contributed by atoms with van der Waals surface area (Å²) in [6, 6.07) is 7.61. The standard InChI is InChI=1S/C12H12O2/c1-3-10-5-4-6-11(9-10)7-8-12(13)14-2/h1,4-6,9H,7-8H2,2H3. The zero-order chi connectivity index (χ0) is 10.4. The van der Waals surface area contributed by atoms with Gasteiger partial charge >= 0.3 is 5.97 Å². The highest BCUT2D eigenvalue weighted by Gasteiger charge is 2.01. The van der Waals surface area contributed by atoms with Gasteiger partial charge in [-0.3, -0.25) is 4.79 Å². The van der Waals surface area contributed by atoms with Crippen molar-refractivity contribution >= 4 is 5.97 Å². The molecular weight excluding hydrogens is 176 g/mol. The predicted octanol–water partition coefficient (Wildman–Crippen LogP) is 1.77. The molecule has 0 atom stereocenters. The minimum Gasteiger partial charge on any atom is -0.469 e. The number of benzene rings is 1. The summed E-state index contributed by atoms with van der Waals surface area (Å²) in [6.07, 6.45) is 6.32. The first kappa shape index (κ1) is 10.3. The molecule has 0 aliphatic heterocycles. The van der Waals surface area contributed by atoms with Crippen molar-refractivity contribution in [3.05, 3.63) is 35.4 Å². The Bertz CT molecular complexity index is 361. The van der Waals surface area contributed by atoms with E-state index in [4.69, 9.17) is 6.42 Å². The van der Waals surface area contributed by atoms with Crippen LogP contribution in [0.5, 0.6) is 0 Å². The highest BCUT2D eigenvalue weighted by molar-refractivity contribution is 5.69. The zero-order valence-electron chi connectivity index (χ0n) is 8.12. The molecule has 2 nitrogen and oxygen atoms in total. The van der Waals surface area contributed by atoms with Crippen LogP contribution in [-0.2, 0) is 16.0 Å². The molecule has 0 bridgehead atoms. The van der Waals surface area contributed by atoms with Gasteiger partial charge in [-0.25, -0.2) is 0 Å². The number of hydrogen-bond donors (Lipinski definition) is 0. The second kappa shape index (κ2) is 5.08. The lowest BCUT2D eigenvalue weighted by molar-refractivity contribution is -0.140. The van der Waals surface area contributed by atoms with Crippen LogP contribution in [0.1, 0.15) is 17.5 Å². The van der Waals surface area contributed by atoms with Crippen LogP contribution >= 0.6 is 0 Å². The maximum Gasteiger partial charge on any atom is 0.305 e. The van der Waals surface area contributed by atoms with Crippen molar-refractivity contribution in [2.45, 2.75) is 12.8 Å². The second-order valence-electron chi connectivity index (χ2n) is 2.92. The molecule has 0 heterocycles. The molecule has 0 spiro atoms. The fourth-order valence-corrected chi connectivity index (χ4v) is 1.17. The minimum absolute atomic E-state index is 0.198. The van der Waals surface area contributed by atoms with E-state index in [1.54, 1.807) is 0 Å². The van der Waals surface area contributed by atoms with Crippen LogP contribution in [0.3, 0.4) is 0 Å². The fourth-order valence-electron chi connectivity index (χ4n) is 1.17. The molecule has 0 fully saturated rings. The molecule has 14 heavy (non-hydrogen) atoms. The third kappa shape index (κ3) is 2.95. The van der Waals surface area contributed by atoms with Gasteiger partial charge in [0, 0.05) is 12.0 Å². The summed E-state index contributed by atoms with van der Waals surface area (Å²) in [4.78, 5) is 10.9. The lowest BCUT2D eigenvalue weighted by Gasteiger charge is -2.00. The molecule has 1 rings (SSSR count). The first-order valence-electron chi connectivity index (χ1n) is 4.38. The van der Waals surface area contributed by atoms with E-state index in [1.165, 1.54) is 7.11 Å². The number of hydrogen-bond acceptors (Lipinski definition) is 2. The zero-order valence-corrected chi connectivity index (χ0v) is 8.12. The summed E-state index contributed by atoms with van der Waals surface area (Å²) < 4.78 is 4.55. The molecule has 0 radical (unpaired) electrons. The Morgan fingerprint density at radius 2 is 2.36 bits per heavy atom. The average molecular weight is 188 g/mol. The van der Waals surface area contributed by atoms with E-state index >= 15 is 0 Å². The molecule has 0 aliphatic carbocycles. The maximum absolute atomic E-state index is 10.9. The number of carbonyl (C=O) groups is 1. The molecule has 1 aromatic carbocycles. The van der Waals surface area contributed by atoms with Crippen LogP contribution in [0.2, 0.25) is 0 Å². The summed E-state index contributed by atoms with van der Waals surface area (Å²) in [5.74, 6) is 2.35. The van der Waals surface area contributed by atoms with Gasteiger partial charge in [0.05, 0.1) is 7.11 Å². The monoisotopic (exact) mass is 188 g/mol. The van der Waals surface area contributed by atoms with Gasteiger partial charge < -0.3 is 4.74 Å². The first-order chi connectivity index (χ1) is 6.76. The first-order valence-corrected chi connectivity index (χ1v) is 4.38. The quantitative estimate of drug-likeness (QED) is 0.534. The van der Waals surface area contributed by atoms with Crippen LogP contribution < -0.4 is 0 Å². The molecule has 0 aliphatic rings. The predicted molar refractivity (Wildman–Crippen MR) is 54.7 cm³/mol. The Morgan fingerprint density at radius 1 is 1.57 bits per heavy atom. The van der Waals surface area contributed by atoms with Crippen molar-refractivity contribution in [3.8, 4) is 12.3 Å². The van der Waals surface area contributed by atoms with Crippen molar-refractivity contribution in [1.82, 2.24) is 0 Å². The van der Waals surface area contributed by atoms with E-state index in [1.807, 2.05) is 24.3 Å². The molecule has 0 aromatic heterocycles. The summed E-state index contributed by atoms with van der Waals surface area (Å²) in [5.41, 5.74) is 1.90. The van der Waals surface area contributed by atoms with Gasteiger partial charge in [0.1, 0.15) is 0 Å². The number of aryl methyl sites for hydroxylation is 1. The van der Waals surface area contributed by atoms with E-state index in [-0.39, 0.29) is 5.97 Å². The molecule has 0 N–H and O–H groups in total. The Morgan fingerprint density at radius 3 is 3.00 bits per heavy atom. The highest BCUT2D eigenvalue weighted by atomic mass is 16.5. The van der Waals surface area contributed by atoms with Crippen LogP contribution in [0, 0.1) is 12.3 Å². The normalized spacial score (nSPS) is 9.14. The van der Waals surface area contributed by atoms with Crippen molar-refractivity contribution in [1.29, 1.82) is 0 Å². The highest BCUT2D eigenvalue weighted by Crippen LogP contribution is 2.06. The number of rotatable bonds is 3. The van der Waals surface area contributed by atoms with E-state index in [9.17, 15) is 4.79 Å². The number of terminal acetylenes is 1. The number of ether oxygens (including phenoxy) is 1. The molecule has 0 amide bonds. The number of methoxy groups -OCH3 is 1. The molecule has 0 unspecified atom stereocenters. The Kier molecular flexibility index (Phi) is 3.75. The van der Waals surface area contributed by atoms with E-state index in [0.717, 1.165) is 11.1 Å². The smallest absolute Gasteiger partial charge is 0.305 e. The molecule has 1 aromatic rings. The molecule has 0 saturated heterocycles. The SMILES string of the molecule is C#Cc1cccc(CCC(=O)OC)c1. The molecule has 0 saturated carbocycles. The van der Waals surface area contributed by atoms with E-state index < -0.39 is 0 Å². The van der Waals surface area contributed by atoms with Crippen molar-refractivity contribution < 1.29 is 9.53 Å². The minimum atomic E-state index is -0.198. The third-order valence-electron chi connectivity index (χ3n) is 1.94.